The molecule has 0 amide bonds. The summed E-state index contributed by atoms with van der Waals surface area (Å²) >= 11 is 16.4. The fourth-order valence-electron chi connectivity index (χ4n) is 0.699. The van der Waals surface area contributed by atoms with Crippen LogP contribution in [0.15, 0.2) is 5.57 Å². The SMILES string of the molecule is C/C(=C\c1sc(Cl)nc1Cl)C(C)Br. The van der Waals surface area contributed by atoms with Crippen LogP contribution in [0.25, 0.3) is 6.08 Å². The highest BCUT2D eigenvalue weighted by Crippen LogP contribution is 2.29. The van der Waals surface area contributed by atoms with Gasteiger partial charge < -0.3 is 0 Å². The molecule has 0 N–H and O–H groups in total. The molecule has 1 unspecified atom stereocenters. The Morgan fingerprint density at radius 1 is 1.62 bits per heavy atom. The second-order valence-corrected chi connectivity index (χ2v) is 5.97. The van der Waals surface area contributed by atoms with Gasteiger partial charge in [0.25, 0.3) is 0 Å². The molecule has 0 aromatic carbocycles. The summed E-state index contributed by atoms with van der Waals surface area (Å²) in [4.78, 5) is 5.16. The van der Waals surface area contributed by atoms with Crippen molar-refractivity contribution in [1.82, 2.24) is 4.98 Å². The minimum absolute atomic E-state index is 0.337. The quantitative estimate of drug-likeness (QED) is 0.725. The summed E-state index contributed by atoms with van der Waals surface area (Å²) in [5.74, 6) is 0. The van der Waals surface area contributed by atoms with Gasteiger partial charge in [0.2, 0.25) is 0 Å². The fourth-order valence-corrected chi connectivity index (χ4v) is 2.21. The van der Waals surface area contributed by atoms with Gasteiger partial charge in [0.1, 0.15) is 5.15 Å². The van der Waals surface area contributed by atoms with E-state index in [1.54, 1.807) is 0 Å². The lowest BCUT2D eigenvalue weighted by Crippen LogP contribution is -1.89. The molecule has 0 spiro atoms. The largest absolute Gasteiger partial charge is 0.212 e. The van der Waals surface area contributed by atoms with Crippen LogP contribution in [0.2, 0.25) is 9.62 Å². The first-order valence-electron chi connectivity index (χ1n) is 3.65. The van der Waals surface area contributed by atoms with Crippen molar-refractivity contribution in [1.29, 1.82) is 0 Å². The topological polar surface area (TPSA) is 12.9 Å². The van der Waals surface area contributed by atoms with Crippen LogP contribution in [0, 0.1) is 0 Å². The predicted molar refractivity (Wildman–Crippen MR) is 64.2 cm³/mol. The van der Waals surface area contributed by atoms with Crippen molar-refractivity contribution in [2.24, 2.45) is 0 Å². The van der Waals surface area contributed by atoms with Gasteiger partial charge in [0.15, 0.2) is 4.47 Å². The molecule has 5 heteroatoms. The molecule has 1 aromatic heterocycles. The Hall–Kier alpha value is 0.430. The normalized spacial score (nSPS) is 14.7. The third-order valence-electron chi connectivity index (χ3n) is 1.57. The fraction of sp³-hybridized carbons (Fsp3) is 0.375. The monoisotopic (exact) mass is 299 g/mol. The van der Waals surface area contributed by atoms with E-state index in [0.29, 0.717) is 14.4 Å². The van der Waals surface area contributed by atoms with Crippen LogP contribution in [-0.4, -0.2) is 9.81 Å². The van der Waals surface area contributed by atoms with Crippen LogP contribution in [-0.2, 0) is 0 Å². The smallest absolute Gasteiger partial charge is 0.185 e. The molecule has 0 aliphatic carbocycles. The Kier molecular flexibility index (Phi) is 4.23. The third-order valence-corrected chi connectivity index (χ3v) is 3.80. The molecule has 72 valence electrons. The zero-order valence-electron chi connectivity index (χ0n) is 7.14. The van der Waals surface area contributed by atoms with Crippen molar-refractivity contribution in [3.63, 3.8) is 0 Å². The molecule has 1 aromatic rings. The van der Waals surface area contributed by atoms with Crippen molar-refractivity contribution in [2.45, 2.75) is 18.7 Å². The molecule has 1 rings (SSSR count). The van der Waals surface area contributed by atoms with Gasteiger partial charge in [-0.3, -0.25) is 0 Å². The summed E-state index contributed by atoms with van der Waals surface area (Å²) in [6.07, 6.45) is 1.99. The van der Waals surface area contributed by atoms with Crippen LogP contribution in [0.3, 0.4) is 0 Å². The lowest BCUT2D eigenvalue weighted by Gasteiger charge is -2.01. The summed E-state index contributed by atoms with van der Waals surface area (Å²) in [7, 11) is 0. The second-order valence-electron chi connectivity index (χ2n) is 2.63. The first kappa shape index (κ1) is 11.5. The van der Waals surface area contributed by atoms with E-state index in [1.807, 2.05) is 13.0 Å². The van der Waals surface area contributed by atoms with E-state index in [1.165, 1.54) is 16.9 Å². The minimum Gasteiger partial charge on any atom is -0.212 e. The molecule has 1 nitrogen and oxygen atoms in total. The van der Waals surface area contributed by atoms with Crippen LogP contribution < -0.4 is 0 Å². The predicted octanol–water partition coefficient (Wildman–Crippen LogP) is 4.64. The molecule has 0 aliphatic rings. The first-order chi connectivity index (χ1) is 6.00. The molecular formula is C8H8BrCl2NS. The molecule has 0 saturated carbocycles. The van der Waals surface area contributed by atoms with Gasteiger partial charge >= 0.3 is 0 Å². The maximum atomic E-state index is 5.85. The van der Waals surface area contributed by atoms with Gasteiger partial charge in [0, 0.05) is 4.83 Å². The van der Waals surface area contributed by atoms with Crippen LogP contribution >= 0.6 is 50.5 Å². The van der Waals surface area contributed by atoms with Gasteiger partial charge in [-0.25, -0.2) is 4.98 Å². The van der Waals surface area contributed by atoms with E-state index < -0.39 is 0 Å². The molecule has 0 fully saturated rings. The molecule has 0 bridgehead atoms. The van der Waals surface area contributed by atoms with Crippen LogP contribution in [0.1, 0.15) is 18.7 Å². The highest BCUT2D eigenvalue weighted by atomic mass is 79.9. The molecule has 1 atom stereocenters. The van der Waals surface area contributed by atoms with E-state index in [9.17, 15) is 0 Å². The maximum Gasteiger partial charge on any atom is 0.185 e. The van der Waals surface area contributed by atoms with E-state index in [2.05, 4.69) is 27.8 Å². The molecule has 1 heterocycles. The highest BCUT2D eigenvalue weighted by Gasteiger charge is 2.06. The number of allylic oxidation sites excluding steroid dienone is 1. The zero-order chi connectivity index (χ0) is 10.0. The van der Waals surface area contributed by atoms with E-state index in [4.69, 9.17) is 23.2 Å². The van der Waals surface area contributed by atoms with Crippen molar-refractivity contribution >= 4 is 56.5 Å². The third kappa shape index (κ3) is 3.24. The Balaban J connectivity index is 2.96. The highest BCUT2D eigenvalue weighted by molar-refractivity contribution is 9.09. The minimum atomic E-state index is 0.337. The second kappa shape index (κ2) is 4.78. The van der Waals surface area contributed by atoms with Gasteiger partial charge in [-0.15, -0.1) is 11.3 Å². The van der Waals surface area contributed by atoms with Crippen molar-refractivity contribution in [2.75, 3.05) is 0 Å². The Morgan fingerprint density at radius 3 is 2.62 bits per heavy atom. The number of rotatable bonds is 2. The number of hydrogen-bond donors (Lipinski definition) is 0. The molecule has 0 saturated heterocycles. The summed E-state index contributed by atoms with van der Waals surface area (Å²) in [6.45, 7) is 4.09. The summed E-state index contributed by atoms with van der Waals surface area (Å²) in [5.41, 5.74) is 1.20. The van der Waals surface area contributed by atoms with E-state index in [0.717, 1.165) is 4.88 Å². The van der Waals surface area contributed by atoms with E-state index >= 15 is 0 Å². The van der Waals surface area contributed by atoms with Gasteiger partial charge in [-0.2, -0.15) is 0 Å². The average Bonchev–Trinajstić information content (AvgIpc) is 2.30. The Morgan fingerprint density at radius 2 is 2.23 bits per heavy atom. The molecule has 13 heavy (non-hydrogen) atoms. The maximum absolute atomic E-state index is 5.85. The summed E-state index contributed by atoms with van der Waals surface area (Å²) < 4.78 is 0.478. The van der Waals surface area contributed by atoms with Crippen LogP contribution in [0.4, 0.5) is 0 Å². The number of nitrogens with zero attached hydrogens (tertiary/aromatic N) is 1. The lowest BCUT2D eigenvalue weighted by atomic mass is 10.2. The number of hydrogen-bond acceptors (Lipinski definition) is 2. The zero-order valence-corrected chi connectivity index (χ0v) is 11.1. The van der Waals surface area contributed by atoms with Crippen molar-refractivity contribution in [3.8, 4) is 0 Å². The van der Waals surface area contributed by atoms with E-state index in [-0.39, 0.29) is 0 Å². The molecular weight excluding hydrogens is 293 g/mol. The van der Waals surface area contributed by atoms with Crippen molar-refractivity contribution < 1.29 is 0 Å². The summed E-state index contributed by atoms with van der Waals surface area (Å²) in [5, 5.41) is 0.475. The number of alkyl halides is 1. The molecule has 0 radical (unpaired) electrons. The number of halogens is 3. The number of aromatic nitrogens is 1. The standard InChI is InChI=1S/C8H8BrCl2NS/c1-4(5(2)9)3-6-7(10)12-8(11)13-6/h3,5H,1-2H3/b4-3+. The van der Waals surface area contributed by atoms with Gasteiger partial charge in [0.05, 0.1) is 4.88 Å². The van der Waals surface area contributed by atoms with Gasteiger partial charge in [-0.05, 0) is 19.9 Å². The Bertz CT molecular complexity index is 333. The van der Waals surface area contributed by atoms with Crippen molar-refractivity contribution in [3.05, 3.63) is 20.1 Å². The molecule has 0 aliphatic heterocycles. The van der Waals surface area contributed by atoms with Gasteiger partial charge in [-0.1, -0.05) is 44.7 Å². The first-order valence-corrected chi connectivity index (χ1v) is 6.13. The lowest BCUT2D eigenvalue weighted by molar-refractivity contribution is 1.16. The Labute approximate surface area is 99.9 Å². The van der Waals surface area contributed by atoms with Crippen LogP contribution in [0.5, 0.6) is 0 Å². The number of thiazole rings is 1. The average molecular weight is 301 g/mol. The summed E-state index contributed by atoms with van der Waals surface area (Å²) in [6, 6.07) is 0.